The molecule has 312 valence electrons. The van der Waals surface area contributed by atoms with Gasteiger partial charge >= 0.3 is 0 Å². The van der Waals surface area contributed by atoms with Crippen LogP contribution in [0, 0.1) is 5.41 Å². The molecule has 3 heterocycles. The second kappa shape index (κ2) is 20.3. The molecule has 0 spiro atoms. The Balaban J connectivity index is 1.49. The first-order valence-electron chi connectivity index (χ1n) is 16.1. The number of unbranched alkanes of at least 4 members (excludes halogenated alkanes) is 1. The van der Waals surface area contributed by atoms with Gasteiger partial charge in [0, 0.05) is 43.7 Å². The summed E-state index contributed by atoms with van der Waals surface area (Å²) in [7, 11) is -17.6. The van der Waals surface area contributed by atoms with Crippen LogP contribution >= 0.6 is 35.2 Å². The standard InChI is InChI=1S/C26H44N7O18P3S/c1-26(2,21(38)24(39)29-7-6-16(35)28-8-10-55-17(36)5-3-4-9-34)12-48-54(45,46)51-53(43,44)47-11-15-20(50-52(40,41)42)19(37)25(49-15)33-14-32-18-22(27)30-13-31-23(18)33/h13-15,19-21,25,34,37-38H,3-12H2,1-2H3,(H,28,35)(H,29,39)(H,43,44)(H,45,46)(H2,27,30,31)(H2,40,41,42)/p-4. The van der Waals surface area contributed by atoms with Gasteiger partial charge in [-0.15, -0.1) is 0 Å². The minimum absolute atomic E-state index is 0.00732. The van der Waals surface area contributed by atoms with Crippen LogP contribution in [0.1, 0.15) is 45.8 Å². The van der Waals surface area contributed by atoms with Crippen LogP contribution in [0.3, 0.4) is 0 Å². The number of nitrogen functional groups attached to an aromatic ring is 1. The number of anilines is 1. The van der Waals surface area contributed by atoms with E-state index in [2.05, 4.69) is 43.5 Å². The van der Waals surface area contributed by atoms with Gasteiger partial charge in [-0.25, -0.2) is 19.3 Å². The first kappa shape index (κ1) is 46.9. The number of aromatic nitrogens is 4. The molecule has 2 aromatic rings. The van der Waals surface area contributed by atoms with E-state index < -0.39 is 84.6 Å². The van der Waals surface area contributed by atoms with Crippen molar-refractivity contribution in [2.45, 2.75) is 70.2 Å². The Hall–Kier alpha value is -2.48. The number of amides is 2. The first-order valence-corrected chi connectivity index (χ1v) is 21.5. The summed E-state index contributed by atoms with van der Waals surface area (Å²) in [5.74, 6) is -1.27. The molecule has 55 heavy (non-hydrogen) atoms. The Morgan fingerprint density at radius 2 is 1.75 bits per heavy atom. The van der Waals surface area contributed by atoms with Gasteiger partial charge in [0.2, 0.25) is 11.8 Å². The lowest BCUT2D eigenvalue weighted by atomic mass is 9.87. The first-order chi connectivity index (χ1) is 25.6. The molecule has 1 aliphatic heterocycles. The largest absolute Gasteiger partial charge is 0.790 e. The van der Waals surface area contributed by atoms with Crippen molar-refractivity contribution < 1.29 is 85.6 Å². The minimum Gasteiger partial charge on any atom is -0.790 e. The summed E-state index contributed by atoms with van der Waals surface area (Å²) in [6.07, 6.45) is -6.26. The molecule has 0 aromatic carbocycles. The molecule has 1 saturated heterocycles. The predicted molar refractivity (Wildman–Crippen MR) is 179 cm³/mol. The SMILES string of the molecule is CC(C)(COP(=O)([O-])OP(=O)([O-])OCC1OC(n2cnc3c(N)ncnc32)C(O)C1OP(=O)([O-])[O-])C(O)C(=O)NCCC(=O)NCCSC(=O)CCCCO. The molecule has 2 aromatic heterocycles. The lowest BCUT2D eigenvalue weighted by molar-refractivity contribution is -0.347. The number of phosphoric ester groups is 3. The van der Waals surface area contributed by atoms with Crippen LogP contribution < -0.4 is 35.9 Å². The van der Waals surface area contributed by atoms with E-state index in [0.29, 0.717) is 25.0 Å². The number of carbonyl (C=O) groups excluding carboxylic acids is 3. The van der Waals surface area contributed by atoms with Gasteiger partial charge in [-0.3, -0.25) is 28.1 Å². The maximum Gasteiger partial charge on any atom is 0.274 e. The molecule has 0 bridgehead atoms. The van der Waals surface area contributed by atoms with Gasteiger partial charge in [-0.2, -0.15) is 0 Å². The maximum absolute atomic E-state index is 12.5. The van der Waals surface area contributed by atoms with E-state index in [9.17, 15) is 57.9 Å². The summed E-state index contributed by atoms with van der Waals surface area (Å²) in [6.45, 7) is 0.0294. The van der Waals surface area contributed by atoms with E-state index in [1.807, 2.05) is 0 Å². The molecule has 7 unspecified atom stereocenters. The van der Waals surface area contributed by atoms with Crippen molar-refractivity contribution in [3.8, 4) is 0 Å². The third-order valence-corrected chi connectivity index (χ3v) is 11.5. The topological polar surface area (TPSA) is 395 Å². The average Bonchev–Trinajstić information content (AvgIpc) is 3.64. The van der Waals surface area contributed by atoms with Gasteiger partial charge in [0.25, 0.3) is 15.6 Å². The Bertz CT molecular complexity index is 1780. The van der Waals surface area contributed by atoms with Crippen LogP contribution in [0.5, 0.6) is 0 Å². The highest BCUT2D eigenvalue weighted by Crippen LogP contribution is 2.56. The fraction of sp³-hybridized carbons (Fsp3) is 0.692. The fourth-order valence-corrected chi connectivity index (χ4v) is 8.18. The fourth-order valence-electron chi connectivity index (χ4n) is 4.73. The number of ether oxygens (including phenoxy) is 1. The zero-order valence-electron chi connectivity index (χ0n) is 29.2. The highest BCUT2D eigenvalue weighted by Gasteiger charge is 2.47. The molecule has 25 nitrogen and oxygen atoms in total. The molecule has 7 N–H and O–H groups in total. The van der Waals surface area contributed by atoms with Crippen LogP contribution in [-0.2, 0) is 50.7 Å². The van der Waals surface area contributed by atoms with E-state index in [1.54, 1.807) is 0 Å². The monoisotopic (exact) mass is 863 g/mol. The van der Waals surface area contributed by atoms with Crippen LogP contribution in [0.15, 0.2) is 12.7 Å². The molecule has 0 saturated carbocycles. The molecule has 0 aliphatic carbocycles. The van der Waals surface area contributed by atoms with Crippen LogP contribution in [0.25, 0.3) is 11.2 Å². The highest BCUT2D eigenvalue weighted by molar-refractivity contribution is 8.13. The predicted octanol–water partition coefficient (Wildman–Crippen LogP) is -3.70. The number of phosphoric acid groups is 3. The number of imidazole rings is 1. The number of fused-ring (bicyclic) bond motifs is 1. The molecule has 0 radical (unpaired) electrons. The van der Waals surface area contributed by atoms with Gasteiger partial charge < -0.3 is 74.1 Å². The van der Waals surface area contributed by atoms with Gasteiger partial charge in [-0.1, -0.05) is 25.6 Å². The summed E-state index contributed by atoms with van der Waals surface area (Å²) in [4.78, 5) is 95.5. The number of nitrogens with zero attached hydrogens (tertiary/aromatic N) is 4. The quantitative estimate of drug-likeness (QED) is 0.0462. The van der Waals surface area contributed by atoms with Crippen molar-refractivity contribution in [2.24, 2.45) is 5.41 Å². The van der Waals surface area contributed by atoms with Crippen LogP contribution in [0.4, 0.5) is 5.82 Å². The van der Waals surface area contributed by atoms with Crippen molar-refractivity contribution in [1.29, 1.82) is 0 Å². The van der Waals surface area contributed by atoms with Gasteiger partial charge in [0.1, 0.15) is 36.3 Å². The Labute approximate surface area is 317 Å². The maximum atomic E-state index is 12.5. The second-order valence-corrected chi connectivity index (χ2v) is 17.6. The Morgan fingerprint density at radius 3 is 2.42 bits per heavy atom. The molecule has 29 heteroatoms. The van der Waals surface area contributed by atoms with Gasteiger partial charge in [0.15, 0.2) is 22.8 Å². The highest BCUT2D eigenvalue weighted by atomic mass is 32.2. The third-order valence-electron chi connectivity index (χ3n) is 7.53. The number of thioether (sulfide) groups is 1. The van der Waals surface area contributed by atoms with Gasteiger partial charge in [0.05, 0.1) is 27.4 Å². The zero-order valence-corrected chi connectivity index (χ0v) is 32.7. The number of nitrogens with one attached hydrogen (secondary N) is 2. The van der Waals surface area contributed by atoms with E-state index in [0.717, 1.165) is 29.0 Å². The normalized spacial score (nSPS) is 21.8. The van der Waals surface area contributed by atoms with E-state index in [4.69, 9.17) is 15.6 Å². The number of nitrogens with two attached hydrogens (primary N) is 1. The zero-order chi connectivity index (χ0) is 41.2. The number of hydrogen-bond donors (Lipinski definition) is 6. The van der Waals surface area contributed by atoms with Crippen molar-refractivity contribution >= 4 is 69.1 Å². The minimum atomic E-state index is -5.92. The lowest BCUT2D eigenvalue weighted by Gasteiger charge is -2.36. The van der Waals surface area contributed by atoms with E-state index in [1.165, 1.54) is 13.8 Å². The number of carbonyl (C=O) groups is 3. The third kappa shape index (κ3) is 14.8. The average molecular weight is 864 g/mol. The number of aliphatic hydroxyl groups is 3. The molecular formula is C26H40N7O18P3S-4. The van der Waals surface area contributed by atoms with Crippen LogP contribution in [0.2, 0.25) is 0 Å². The summed E-state index contributed by atoms with van der Waals surface area (Å²) in [5.41, 5.74) is 4.05. The smallest absolute Gasteiger partial charge is 0.274 e. The number of hydrogen-bond acceptors (Lipinski definition) is 23. The number of rotatable bonds is 23. The molecule has 3 rings (SSSR count). The molecular weight excluding hydrogens is 823 g/mol. The number of aliphatic hydroxyl groups excluding tert-OH is 3. The van der Waals surface area contributed by atoms with Crippen LogP contribution in [-0.4, -0.2) is 115 Å². The Kier molecular flexibility index (Phi) is 17.3. The Morgan fingerprint density at radius 1 is 1.05 bits per heavy atom. The molecule has 1 fully saturated rings. The summed E-state index contributed by atoms with van der Waals surface area (Å²) < 4.78 is 60.4. The molecule has 1 aliphatic rings. The van der Waals surface area contributed by atoms with Crippen molar-refractivity contribution in [2.75, 3.05) is 44.4 Å². The van der Waals surface area contributed by atoms with Crippen molar-refractivity contribution in [3.63, 3.8) is 0 Å². The van der Waals surface area contributed by atoms with E-state index in [-0.39, 0.29) is 48.2 Å². The molecule has 2 amide bonds. The van der Waals surface area contributed by atoms with Gasteiger partial charge in [-0.05, 0) is 12.8 Å². The lowest BCUT2D eigenvalue weighted by Crippen LogP contribution is -2.46. The second-order valence-electron chi connectivity index (χ2n) is 12.4. The van der Waals surface area contributed by atoms with E-state index >= 15 is 0 Å². The summed E-state index contributed by atoms with van der Waals surface area (Å²) in [6, 6.07) is 0. The summed E-state index contributed by atoms with van der Waals surface area (Å²) >= 11 is 1.03. The summed E-state index contributed by atoms with van der Waals surface area (Å²) in [5, 5.41) is 34.8. The van der Waals surface area contributed by atoms with Crippen molar-refractivity contribution in [3.05, 3.63) is 12.7 Å². The van der Waals surface area contributed by atoms with Crippen molar-refractivity contribution in [1.82, 2.24) is 30.2 Å². The molecule has 7 atom stereocenters.